The van der Waals surface area contributed by atoms with Gasteiger partial charge in [0.25, 0.3) is 0 Å². The molecule has 1 atom stereocenters. The Morgan fingerprint density at radius 2 is 2.05 bits per heavy atom. The first kappa shape index (κ1) is 14.7. The van der Waals surface area contributed by atoms with Crippen LogP contribution in [0, 0.1) is 12.8 Å². The van der Waals surface area contributed by atoms with Gasteiger partial charge in [0, 0.05) is 24.6 Å². The van der Waals surface area contributed by atoms with E-state index in [2.05, 4.69) is 16.9 Å². The summed E-state index contributed by atoms with van der Waals surface area (Å²) in [6.07, 6.45) is 6.20. The summed E-state index contributed by atoms with van der Waals surface area (Å²) in [5.41, 5.74) is 1.66. The van der Waals surface area contributed by atoms with Gasteiger partial charge < -0.3 is 4.74 Å². The molecule has 1 saturated carbocycles. The van der Waals surface area contributed by atoms with Crippen molar-refractivity contribution in [3.8, 4) is 0 Å². The lowest BCUT2D eigenvalue weighted by atomic mass is 9.79. The summed E-state index contributed by atoms with van der Waals surface area (Å²) >= 11 is 6.12. The first-order chi connectivity index (χ1) is 8.98. The van der Waals surface area contributed by atoms with Gasteiger partial charge in [0.1, 0.15) is 5.60 Å². The van der Waals surface area contributed by atoms with Gasteiger partial charge in [-0.2, -0.15) is 0 Å². The minimum absolute atomic E-state index is 0.0566. The number of ether oxygens (including phenoxy) is 1. The van der Waals surface area contributed by atoms with E-state index in [1.54, 1.807) is 7.11 Å². The standard InChI is InChI=1S/C15H23ClN2O/c1-10-5-7-15(19-4,8-6-10)14-17-9-13(11(2)16)12(3)18-14/h9-11H,5-8H2,1-4H3. The van der Waals surface area contributed by atoms with Crippen LogP contribution in [0.5, 0.6) is 0 Å². The van der Waals surface area contributed by atoms with Crippen LogP contribution in [0.2, 0.25) is 0 Å². The molecule has 0 bridgehead atoms. The summed E-state index contributed by atoms with van der Waals surface area (Å²) in [6, 6.07) is 0. The van der Waals surface area contributed by atoms with E-state index in [0.717, 1.165) is 35.8 Å². The molecule has 1 fully saturated rings. The van der Waals surface area contributed by atoms with Crippen molar-refractivity contribution in [2.75, 3.05) is 7.11 Å². The van der Waals surface area contributed by atoms with Gasteiger partial charge in [-0.25, -0.2) is 9.97 Å². The zero-order valence-electron chi connectivity index (χ0n) is 12.2. The SMILES string of the molecule is COC1(c2ncc(C(C)Cl)c(C)n2)CCC(C)CC1. The molecule has 0 N–H and O–H groups in total. The lowest BCUT2D eigenvalue weighted by Crippen LogP contribution is -2.35. The second-order valence-corrected chi connectivity index (χ2v) is 6.39. The van der Waals surface area contributed by atoms with Gasteiger partial charge in [0.05, 0.1) is 5.38 Å². The lowest BCUT2D eigenvalue weighted by Gasteiger charge is -2.37. The van der Waals surface area contributed by atoms with Crippen molar-refractivity contribution in [2.24, 2.45) is 5.92 Å². The Hall–Kier alpha value is -0.670. The van der Waals surface area contributed by atoms with Crippen molar-refractivity contribution in [2.45, 2.75) is 57.4 Å². The monoisotopic (exact) mass is 282 g/mol. The van der Waals surface area contributed by atoms with Crippen molar-refractivity contribution in [1.29, 1.82) is 0 Å². The molecule has 0 saturated heterocycles. The zero-order valence-corrected chi connectivity index (χ0v) is 13.0. The molecule has 0 aromatic carbocycles. The van der Waals surface area contributed by atoms with Crippen molar-refractivity contribution in [1.82, 2.24) is 9.97 Å². The summed E-state index contributed by atoms with van der Waals surface area (Å²) in [5.74, 6) is 1.59. The molecule has 0 spiro atoms. The van der Waals surface area contributed by atoms with E-state index >= 15 is 0 Å². The molecule has 0 amide bonds. The maximum atomic E-state index is 6.12. The third-order valence-electron chi connectivity index (χ3n) is 4.33. The first-order valence-electron chi connectivity index (χ1n) is 7.02. The summed E-state index contributed by atoms with van der Waals surface area (Å²) in [4.78, 5) is 9.20. The minimum Gasteiger partial charge on any atom is -0.370 e. The fourth-order valence-electron chi connectivity index (χ4n) is 2.83. The molecule has 106 valence electrons. The van der Waals surface area contributed by atoms with Crippen molar-refractivity contribution in [3.05, 3.63) is 23.3 Å². The second-order valence-electron chi connectivity index (χ2n) is 5.73. The van der Waals surface area contributed by atoms with E-state index in [9.17, 15) is 0 Å². The third kappa shape index (κ3) is 2.92. The number of aryl methyl sites for hydroxylation is 1. The van der Waals surface area contributed by atoms with E-state index < -0.39 is 0 Å². The van der Waals surface area contributed by atoms with Crippen molar-refractivity contribution in [3.63, 3.8) is 0 Å². The van der Waals surface area contributed by atoms with E-state index in [1.807, 2.05) is 20.0 Å². The predicted octanol–water partition coefficient (Wildman–Crippen LogP) is 4.14. The Balaban J connectivity index is 2.31. The molecule has 19 heavy (non-hydrogen) atoms. The van der Waals surface area contributed by atoms with Crippen LogP contribution in [0.1, 0.15) is 62.0 Å². The smallest absolute Gasteiger partial charge is 0.160 e. The van der Waals surface area contributed by atoms with Gasteiger partial charge in [-0.1, -0.05) is 6.92 Å². The van der Waals surface area contributed by atoms with Crippen LogP contribution >= 0.6 is 11.6 Å². The van der Waals surface area contributed by atoms with Crippen molar-refractivity contribution >= 4 is 11.6 Å². The molecule has 0 radical (unpaired) electrons. The quantitative estimate of drug-likeness (QED) is 0.782. The van der Waals surface area contributed by atoms with Crippen LogP contribution < -0.4 is 0 Å². The van der Waals surface area contributed by atoms with Crippen LogP contribution in [0.4, 0.5) is 0 Å². The number of halogens is 1. The zero-order chi connectivity index (χ0) is 14.0. The van der Waals surface area contributed by atoms with Gasteiger partial charge in [-0.15, -0.1) is 11.6 Å². The Kier molecular flexibility index (Phi) is 4.46. The number of alkyl halides is 1. The molecule has 1 aromatic heterocycles. The van der Waals surface area contributed by atoms with Crippen LogP contribution in [-0.4, -0.2) is 17.1 Å². The van der Waals surface area contributed by atoms with Gasteiger partial charge >= 0.3 is 0 Å². The number of hydrogen-bond donors (Lipinski definition) is 0. The van der Waals surface area contributed by atoms with Crippen LogP contribution in [-0.2, 0) is 10.3 Å². The van der Waals surface area contributed by atoms with Crippen LogP contribution in [0.25, 0.3) is 0 Å². The van der Waals surface area contributed by atoms with Gasteiger partial charge in [-0.3, -0.25) is 0 Å². The molecule has 1 unspecified atom stereocenters. The fourth-order valence-corrected chi connectivity index (χ4v) is 3.05. The van der Waals surface area contributed by atoms with E-state index in [1.165, 1.54) is 12.8 Å². The van der Waals surface area contributed by atoms with E-state index in [0.29, 0.717) is 0 Å². The van der Waals surface area contributed by atoms with Crippen molar-refractivity contribution < 1.29 is 4.74 Å². The fraction of sp³-hybridized carbons (Fsp3) is 0.733. The average molecular weight is 283 g/mol. The number of aromatic nitrogens is 2. The molecule has 2 rings (SSSR count). The number of nitrogens with zero attached hydrogens (tertiary/aromatic N) is 2. The Labute approximate surface area is 120 Å². The third-order valence-corrected chi connectivity index (χ3v) is 4.56. The molecular formula is C15H23ClN2O. The van der Waals surface area contributed by atoms with Crippen LogP contribution in [0.3, 0.4) is 0 Å². The highest BCUT2D eigenvalue weighted by Crippen LogP contribution is 2.40. The highest BCUT2D eigenvalue weighted by Gasteiger charge is 2.38. The Morgan fingerprint density at radius 1 is 1.42 bits per heavy atom. The summed E-state index contributed by atoms with van der Waals surface area (Å²) in [6.45, 7) is 6.24. The molecule has 1 heterocycles. The maximum Gasteiger partial charge on any atom is 0.160 e. The summed E-state index contributed by atoms with van der Waals surface area (Å²) in [7, 11) is 1.77. The minimum atomic E-state index is -0.300. The summed E-state index contributed by atoms with van der Waals surface area (Å²) < 4.78 is 5.81. The van der Waals surface area contributed by atoms with Crippen LogP contribution in [0.15, 0.2) is 6.20 Å². The second kappa shape index (κ2) is 5.76. The molecular weight excluding hydrogens is 260 g/mol. The average Bonchev–Trinajstić information content (AvgIpc) is 2.39. The largest absolute Gasteiger partial charge is 0.370 e. The Bertz CT molecular complexity index is 440. The Morgan fingerprint density at radius 3 is 2.53 bits per heavy atom. The number of methoxy groups -OCH3 is 1. The van der Waals surface area contributed by atoms with Gasteiger partial charge in [0.15, 0.2) is 5.82 Å². The molecule has 3 nitrogen and oxygen atoms in total. The van der Waals surface area contributed by atoms with Gasteiger partial charge in [-0.05, 0) is 45.4 Å². The molecule has 0 aliphatic heterocycles. The summed E-state index contributed by atoms with van der Waals surface area (Å²) in [5, 5.41) is -0.0566. The normalized spacial score (nSPS) is 29.2. The predicted molar refractivity (Wildman–Crippen MR) is 77.4 cm³/mol. The maximum absolute atomic E-state index is 6.12. The molecule has 4 heteroatoms. The molecule has 1 aliphatic rings. The topological polar surface area (TPSA) is 35.0 Å². The molecule has 1 aliphatic carbocycles. The van der Waals surface area contributed by atoms with E-state index in [4.69, 9.17) is 16.3 Å². The first-order valence-corrected chi connectivity index (χ1v) is 7.45. The highest BCUT2D eigenvalue weighted by atomic mass is 35.5. The lowest BCUT2D eigenvalue weighted by molar-refractivity contribution is -0.0598. The number of hydrogen-bond acceptors (Lipinski definition) is 3. The van der Waals surface area contributed by atoms with Gasteiger partial charge in [0.2, 0.25) is 0 Å². The number of rotatable bonds is 3. The van der Waals surface area contributed by atoms with E-state index in [-0.39, 0.29) is 11.0 Å². The highest BCUT2D eigenvalue weighted by molar-refractivity contribution is 6.20. The molecule has 1 aromatic rings.